The van der Waals surface area contributed by atoms with Crippen LogP contribution in [0.4, 0.5) is 5.69 Å². The first-order valence-corrected chi connectivity index (χ1v) is 19.6. The number of aliphatic hydroxyl groups is 3. The van der Waals surface area contributed by atoms with E-state index in [1.807, 2.05) is 0 Å². The predicted octanol–water partition coefficient (Wildman–Crippen LogP) is 5.51. The number of aromatic hydroxyl groups is 2. The summed E-state index contributed by atoms with van der Waals surface area (Å²) in [5.41, 5.74) is 0.591. The molecule has 0 saturated heterocycles. The zero-order chi connectivity index (χ0) is 44.0. The topological polar surface area (TPSA) is 223 Å². The number of carbonyl (C=O) groups is 4. The number of ketones is 2. The molecule has 9 unspecified atom stereocenters. The lowest BCUT2D eigenvalue weighted by Crippen LogP contribution is -2.46. The van der Waals surface area contributed by atoms with Crippen LogP contribution in [0.15, 0.2) is 36.1 Å². The number of benzene rings is 2. The fourth-order valence-electron chi connectivity index (χ4n) is 8.53. The normalized spacial score (nSPS) is 30.1. The lowest BCUT2D eigenvalue weighted by atomic mass is 9.78. The number of nitrogens with one attached hydrogen (secondary N) is 1. The van der Waals surface area contributed by atoms with Gasteiger partial charge in [0.25, 0.3) is 11.7 Å². The Morgan fingerprint density at radius 2 is 1.59 bits per heavy atom. The van der Waals surface area contributed by atoms with E-state index < -0.39 is 95.4 Å². The van der Waals surface area contributed by atoms with Gasteiger partial charge < -0.3 is 54.4 Å². The molecule has 2 aromatic carbocycles. The van der Waals surface area contributed by atoms with Crippen LogP contribution < -0.4 is 10.1 Å². The average molecular weight is 821 g/mol. The third kappa shape index (κ3) is 7.84. The number of ether oxygens (including phenoxy) is 4. The molecule has 5 rings (SSSR count). The van der Waals surface area contributed by atoms with Gasteiger partial charge in [0, 0.05) is 84.3 Å². The van der Waals surface area contributed by atoms with Crippen molar-refractivity contribution in [3.05, 3.63) is 58.5 Å². The lowest BCUT2D eigenvalue weighted by Gasteiger charge is -2.38. The quantitative estimate of drug-likeness (QED) is 0.106. The van der Waals surface area contributed by atoms with Crippen LogP contribution >= 0.6 is 0 Å². The maximum absolute atomic E-state index is 14.7. The Morgan fingerprint density at radius 3 is 2.19 bits per heavy atom. The molecule has 2 aliphatic rings. The summed E-state index contributed by atoms with van der Waals surface area (Å²) in [6.45, 7) is 15.0. The zero-order valence-corrected chi connectivity index (χ0v) is 35.4. The minimum absolute atomic E-state index is 0.00513. The molecule has 59 heavy (non-hydrogen) atoms. The Labute approximate surface area is 342 Å². The van der Waals surface area contributed by atoms with Crippen molar-refractivity contribution in [2.75, 3.05) is 19.0 Å². The molecule has 0 saturated carbocycles. The van der Waals surface area contributed by atoms with E-state index >= 15 is 0 Å². The molecule has 4 bridgehead atoms. The summed E-state index contributed by atoms with van der Waals surface area (Å²) < 4.78 is 25.4. The molecule has 9 atom stereocenters. The molecule has 2 aliphatic heterocycles. The van der Waals surface area contributed by atoms with Gasteiger partial charge >= 0.3 is 11.8 Å². The lowest BCUT2D eigenvalue weighted by molar-refractivity contribution is -0.160. The number of allylic oxidation sites excluding steroid dienone is 2. The van der Waals surface area contributed by atoms with E-state index in [-0.39, 0.29) is 61.9 Å². The van der Waals surface area contributed by atoms with Crippen LogP contribution in [-0.4, -0.2) is 97.5 Å². The molecule has 1 amide bonds. The first-order chi connectivity index (χ1) is 27.6. The van der Waals surface area contributed by atoms with Crippen LogP contribution in [-0.2, 0) is 30.3 Å². The summed E-state index contributed by atoms with van der Waals surface area (Å²) in [5.74, 6) is -8.13. The van der Waals surface area contributed by atoms with Crippen molar-refractivity contribution in [3.8, 4) is 17.2 Å². The number of phenolic OH excluding ortho intramolecular Hbond substituents is 2. The molecule has 0 spiro atoms. The van der Waals surface area contributed by atoms with Crippen LogP contribution in [0.5, 0.6) is 17.2 Å². The van der Waals surface area contributed by atoms with E-state index in [1.165, 1.54) is 60.1 Å². The van der Waals surface area contributed by atoms with Crippen molar-refractivity contribution in [3.63, 3.8) is 0 Å². The Kier molecular flexibility index (Phi) is 13.1. The molecule has 0 aliphatic carbocycles. The van der Waals surface area contributed by atoms with E-state index in [9.17, 15) is 44.7 Å². The number of amides is 1. The molecule has 6 N–H and O–H groups in total. The second-order valence-electron chi connectivity index (χ2n) is 16.0. The second kappa shape index (κ2) is 17.2. The maximum Gasteiger partial charge on any atom is 0.312 e. The number of esters is 1. The van der Waals surface area contributed by atoms with Gasteiger partial charge in [0.05, 0.1) is 53.3 Å². The van der Waals surface area contributed by atoms with E-state index in [1.54, 1.807) is 51.3 Å². The summed E-state index contributed by atoms with van der Waals surface area (Å²) in [5, 5.41) is 59.6. The van der Waals surface area contributed by atoms with Crippen molar-refractivity contribution in [2.45, 2.75) is 106 Å². The number of hydrogen-bond donors (Lipinski definition) is 6. The third-order valence-corrected chi connectivity index (χ3v) is 12.0. The molecule has 320 valence electrons. The number of rotatable bonds is 5. The molecular weight excluding hydrogens is 764 g/mol. The summed E-state index contributed by atoms with van der Waals surface area (Å²) in [4.78, 5) is 54.3. The number of hydrogen-bond acceptors (Lipinski definition) is 13. The van der Waals surface area contributed by atoms with Gasteiger partial charge in [0.15, 0.2) is 11.5 Å². The van der Waals surface area contributed by atoms with E-state index in [0.29, 0.717) is 5.69 Å². The van der Waals surface area contributed by atoms with Gasteiger partial charge in [-0.2, -0.15) is 0 Å². The highest BCUT2D eigenvalue weighted by molar-refractivity contribution is 6.31. The number of aliphatic hydroxyl groups excluding tert-OH is 3. The van der Waals surface area contributed by atoms with Gasteiger partial charge in [-0.15, -0.1) is 0 Å². The largest absolute Gasteiger partial charge is 0.507 e. The standard InChI is InChI=1S/C44H56N2O13/c1-19-13-12-14-20(2)43(55)45-34-31-29(26(8)48)25(7)46(16-17-47)35(31)30-32(39(34)53)38(52)24(6)41-33(30)42(54)44(10,59-41)57-18-15-28(56-11)21(3)40(58-27(9)49)23(5)37(51)22(4)36(19)50/h12-15,18-19,21-23,28,36-37,40,47,50-53H,16-17H2,1-11H3,(H,45,55)/b13-12-,18-15+,20-14+. The minimum atomic E-state index is -2.04. The second-order valence-corrected chi connectivity index (χ2v) is 16.0. The van der Waals surface area contributed by atoms with Crippen LogP contribution in [0, 0.1) is 37.5 Å². The first-order valence-electron chi connectivity index (χ1n) is 19.6. The van der Waals surface area contributed by atoms with Crippen molar-refractivity contribution in [1.29, 1.82) is 0 Å². The predicted molar refractivity (Wildman–Crippen MR) is 219 cm³/mol. The number of phenols is 2. The first kappa shape index (κ1) is 44.9. The minimum Gasteiger partial charge on any atom is -0.507 e. The average Bonchev–Trinajstić information content (AvgIpc) is 3.62. The third-order valence-electron chi connectivity index (χ3n) is 12.0. The fourth-order valence-corrected chi connectivity index (χ4v) is 8.53. The summed E-state index contributed by atoms with van der Waals surface area (Å²) >= 11 is 0. The van der Waals surface area contributed by atoms with Gasteiger partial charge in [0.2, 0.25) is 0 Å². The Morgan fingerprint density at radius 1 is 0.932 bits per heavy atom. The molecule has 15 nitrogen and oxygen atoms in total. The van der Waals surface area contributed by atoms with Crippen molar-refractivity contribution >= 4 is 50.8 Å². The zero-order valence-electron chi connectivity index (χ0n) is 35.4. The van der Waals surface area contributed by atoms with E-state index in [0.717, 1.165) is 0 Å². The molecule has 15 heteroatoms. The highest BCUT2D eigenvalue weighted by Gasteiger charge is 2.50. The highest BCUT2D eigenvalue weighted by atomic mass is 16.7. The van der Waals surface area contributed by atoms with Crippen LogP contribution in [0.25, 0.3) is 21.7 Å². The Balaban J connectivity index is 1.82. The van der Waals surface area contributed by atoms with Crippen LogP contribution in [0.1, 0.15) is 87.4 Å². The Hall–Kier alpha value is -5.22. The van der Waals surface area contributed by atoms with Gasteiger partial charge in [-0.3, -0.25) is 19.2 Å². The van der Waals surface area contributed by atoms with E-state index in [2.05, 4.69) is 5.32 Å². The number of aromatic nitrogens is 1. The highest BCUT2D eigenvalue weighted by Crippen LogP contribution is 2.55. The van der Waals surface area contributed by atoms with Crippen molar-refractivity contribution < 1.29 is 63.7 Å². The number of carbonyl (C=O) groups excluding carboxylic acids is 4. The smallest absolute Gasteiger partial charge is 0.312 e. The SMILES string of the molecule is COC1/C=C/OC2(C)Oc3c(C)c(O)c4c(O)c(c5c(C(C)=O)c(C)n(CCO)c5c4c3C2=O)NC(=O)/C(C)=C/C=C\C(C)C(O)C(C)C(O)C(C)C(OC(C)=O)C1C. The molecule has 3 heterocycles. The van der Waals surface area contributed by atoms with Crippen LogP contribution in [0.3, 0.4) is 0 Å². The summed E-state index contributed by atoms with van der Waals surface area (Å²) in [7, 11) is 1.43. The van der Waals surface area contributed by atoms with E-state index in [4.69, 9.17) is 18.9 Å². The number of fused-ring (bicyclic) bond motifs is 1. The molecule has 3 aromatic rings. The molecule has 0 fully saturated rings. The number of methoxy groups -OCH3 is 1. The monoisotopic (exact) mass is 820 g/mol. The number of nitrogens with zero attached hydrogens (tertiary/aromatic N) is 1. The number of Topliss-reactive ketones (excluding diaryl/α,β-unsaturated/α-hetero) is 2. The van der Waals surface area contributed by atoms with Gasteiger partial charge in [-0.05, 0) is 33.8 Å². The maximum atomic E-state index is 14.7. The number of anilines is 1. The fraction of sp³-hybridized carbons (Fsp3) is 0.500. The molecule has 0 radical (unpaired) electrons. The van der Waals surface area contributed by atoms with Gasteiger partial charge in [0.1, 0.15) is 17.6 Å². The van der Waals surface area contributed by atoms with Crippen LogP contribution in [0.2, 0.25) is 0 Å². The van der Waals surface area contributed by atoms with Gasteiger partial charge in [-0.25, -0.2) is 0 Å². The summed E-state index contributed by atoms with van der Waals surface area (Å²) in [6.07, 6.45) is 3.51. The van der Waals surface area contributed by atoms with Gasteiger partial charge in [-0.1, -0.05) is 45.9 Å². The van der Waals surface area contributed by atoms with Crippen molar-refractivity contribution in [2.24, 2.45) is 23.7 Å². The summed E-state index contributed by atoms with van der Waals surface area (Å²) in [6, 6.07) is 0. The molecule has 1 aromatic heterocycles. The Bertz CT molecular complexity index is 2290. The van der Waals surface area contributed by atoms with Crippen molar-refractivity contribution in [1.82, 2.24) is 4.57 Å². The molecular formula is C44H56N2O13.